The standard InChI is InChI=1S/C27H34N4O8/c1-7-39-29-11(2)13-10-16(30(3)4)14-8-12-9-15-20(31(5)6)23(34)19(26(28)37)25(36)27(15,38)24(35)17(12)22(33)18(14)21(13)32/h10,12,15,17,19-20,32,38H,7-9H2,1-6H3,(H2,28,37)/t12-,15-,17?,19?,20-,27-/m0/s1. The fourth-order valence-corrected chi connectivity index (χ4v) is 6.54. The third kappa shape index (κ3) is 4.04. The number of nitrogens with zero attached hydrogens (tertiary/aromatic N) is 3. The third-order valence-corrected chi connectivity index (χ3v) is 8.24. The minimum Gasteiger partial charge on any atom is -0.506 e. The summed E-state index contributed by atoms with van der Waals surface area (Å²) < 4.78 is 0. The fraction of sp³-hybridized carbons (Fsp3) is 0.556. The summed E-state index contributed by atoms with van der Waals surface area (Å²) in [5.41, 5.74) is 4.18. The molecule has 12 nitrogen and oxygen atoms in total. The number of likely N-dealkylation sites (N-methyl/N-ethyl adjacent to an activating group) is 1. The molecule has 210 valence electrons. The number of anilines is 1. The van der Waals surface area contributed by atoms with Crippen molar-refractivity contribution in [3.8, 4) is 5.75 Å². The summed E-state index contributed by atoms with van der Waals surface area (Å²) >= 11 is 0. The summed E-state index contributed by atoms with van der Waals surface area (Å²) in [4.78, 5) is 75.0. The lowest BCUT2D eigenvalue weighted by molar-refractivity contribution is -0.181. The fourth-order valence-electron chi connectivity index (χ4n) is 6.54. The van der Waals surface area contributed by atoms with Crippen molar-refractivity contribution in [2.24, 2.45) is 34.6 Å². The van der Waals surface area contributed by atoms with Crippen LogP contribution in [0.1, 0.15) is 41.8 Å². The number of oxime groups is 1. The number of carbonyl (C=O) groups excluding carboxylic acids is 5. The first-order valence-electron chi connectivity index (χ1n) is 12.8. The monoisotopic (exact) mass is 542 g/mol. The Morgan fingerprint density at radius 3 is 2.36 bits per heavy atom. The number of benzene rings is 1. The van der Waals surface area contributed by atoms with Gasteiger partial charge in [0, 0.05) is 31.3 Å². The molecule has 6 atom stereocenters. The first-order valence-corrected chi connectivity index (χ1v) is 12.8. The zero-order valence-electron chi connectivity index (χ0n) is 22.8. The summed E-state index contributed by atoms with van der Waals surface area (Å²) in [6.07, 6.45) is 0.166. The van der Waals surface area contributed by atoms with Crippen molar-refractivity contribution in [1.29, 1.82) is 0 Å². The first-order chi connectivity index (χ1) is 18.2. The number of hydrogen-bond acceptors (Lipinski definition) is 11. The maximum absolute atomic E-state index is 14.0. The van der Waals surface area contributed by atoms with E-state index in [9.17, 15) is 34.2 Å². The number of rotatable bonds is 6. The number of phenols is 1. The molecule has 4 rings (SSSR count). The van der Waals surface area contributed by atoms with E-state index in [2.05, 4.69) is 5.16 Å². The van der Waals surface area contributed by atoms with E-state index in [0.717, 1.165) is 0 Å². The number of primary amides is 1. The molecule has 1 aromatic rings. The second kappa shape index (κ2) is 9.83. The molecule has 2 fully saturated rings. The highest BCUT2D eigenvalue weighted by Gasteiger charge is 2.69. The number of hydrogen-bond donors (Lipinski definition) is 3. The van der Waals surface area contributed by atoms with Gasteiger partial charge in [-0.05, 0) is 58.3 Å². The van der Waals surface area contributed by atoms with Crippen LogP contribution in [0.2, 0.25) is 0 Å². The van der Waals surface area contributed by atoms with Crippen LogP contribution in [-0.4, -0.2) is 96.3 Å². The van der Waals surface area contributed by atoms with Crippen LogP contribution < -0.4 is 10.6 Å². The van der Waals surface area contributed by atoms with Crippen LogP contribution >= 0.6 is 0 Å². The number of nitrogens with two attached hydrogens (primary N) is 1. The maximum atomic E-state index is 14.0. The molecule has 0 bridgehead atoms. The molecule has 2 saturated carbocycles. The number of Topliss-reactive ketones (excluding diaryl/α,β-unsaturated/α-hetero) is 4. The average Bonchev–Trinajstić information content (AvgIpc) is 2.84. The Hall–Kier alpha value is -3.64. The molecule has 0 radical (unpaired) electrons. The van der Waals surface area contributed by atoms with Crippen LogP contribution in [0.15, 0.2) is 11.2 Å². The molecule has 0 saturated heterocycles. The Morgan fingerprint density at radius 1 is 1.18 bits per heavy atom. The van der Waals surface area contributed by atoms with Crippen LogP contribution in [0.5, 0.6) is 5.75 Å². The highest BCUT2D eigenvalue weighted by Crippen LogP contribution is 2.52. The molecule has 0 aliphatic heterocycles. The van der Waals surface area contributed by atoms with Gasteiger partial charge in [0.05, 0.1) is 23.2 Å². The van der Waals surface area contributed by atoms with Crippen molar-refractivity contribution < 1.29 is 39.0 Å². The predicted molar refractivity (Wildman–Crippen MR) is 140 cm³/mol. The first kappa shape index (κ1) is 28.4. The number of carbonyl (C=O) groups is 5. The van der Waals surface area contributed by atoms with Crippen molar-refractivity contribution >= 4 is 40.4 Å². The van der Waals surface area contributed by atoms with Crippen molar-refractivity contribution in [2.45, 2.75) is 38.3 Å². The van der Waals surface area contributed by atoms with E-state index in [0.29, 0.717) is 17.0 Å². The van der Waals surface area contributed by atoms with Gasteiger partial charge in [0.2, 0.25) is 5.91 Å². The van der Waals surface area contributed by atoms with Crippen molar-refractivity contribution in [2.75, 3.05) is 39.7 Å². The second-order valence-electron chi connectivity index (χ2n) is 10.9. The lowest BCUT2D eigenvalue weighted by atomic mass is 9.52. The van der Waals surface area contributed by atoms with Gasteiger partial charge in [-0.3, -0.25) is 28.9 Å². The van der Waals surface area contributed by atoms with E-state index < -0.39 is 64.4 Å². The molecule has 4 N–H and O–H groups in total. The molecule has 0 spiro atoms. The SMILES string of the molecule is CCON=C(C)c1cc(N(C)C)c2c(c1O)C(=O)C1C(=O)[C@]3(O)C(=O)C(C(N)=O)C(=O)[C@@H](N(C)C)[C@@H]3C[C@@H]1C2. The largest absolute Gasteiger partial charge is 0.506 e. The van der Waals surface area contributed by atoms with Crippen LogP contribution in [0.3, 0.4) is 0 Å². The number of aromatic hydroxyl groups is 1. The van der Waals surface area contributed by atoms with E-state index in [1.54, 1.807) is 53.0 Å². The van der Waals surface area contributed by atoms with Crippen LogP contribution in [0, 0.1) is 23.7 Å². The molecule has 1 amide bonds. The maximum Gasteiger partial charge on any atom is 0.235 e. The number of fused-ring (bicyclic) bond motifs is 3. The van der Waals surface area contributed by atoms with E-state index in [4.69, 9.17) is 10.6 Å². The molecule has 3 aliphatic rings. The van der Waals surface area contributed by atoms with Gasteiger partial charge in [-0.1, -0.05) is 5.16 Å². The van der Waals surface area contributed by atoms with Gasteiger partial charge in [-0.15, -0.1) is 0 Å². The topological polar surface area (TPSA) is 180 Å². The van der Waals surface area contributed by atoms with E-state index in [-0.39, 0.29) is 36.3 Å². The smallest absolute Gasteiger partial charge is 0.235 e. The zero-order valence-corrected chi connectivity index (χ0v) is 22.8. The van der Waals surface area contributed by atoms with Gasteiger partial charge < -0.3 is 25.7 Å². The van der Waals surface area contributed by atoms with Gasteiger partial charge >= 0.3 is 0 Å². The quantitative estimate of drug-likeness (QED) is 0.245. The van der Waals surface area contributed by atoms with Gasteiger partial charge in [-0.2, -0.15) is 0 Å². The Labute approximate surface area is 225 Å². The molecule has 12 heteroatoms. The molecule has 39 heavy (non-hydrogen) atoms. The lowest BCUT2D eigenvalue weighted by Crippen LogP contribution is -2.74. The normalized spacial score (nSPS) is 30.6. The number of amides is 1. The number of phenolic OH excluding ortho intramolecular Hbond substituents is 1. The van der Waals surface area contributed by atoms with Gasteiger partial charge in [0.1, 0.15) is 12.4 Å². The van der Waals surface area contributed by atoms with Crippen molar-refractivity contribution in [3.05, 3.63) is 22.8 Å². The highest BCUT2D eigenvalue weighted by atomic mass is 16.6. The molecule has 1 aromatic carbocycles. The van der Waals surface area contributed by atoms with Crippen LogP contribution in [-0.2, 0) is 30.4 Å². The van der Waals surface area contributed by atoms with Gasteiger partial charge in [0.15, 0.2) is 34.7 Å². The second-order valence-corrected chi connectivity index (χ2v) is 10.9. The summed E-state index contributed by atoms with van der Waals surface area (Å²) in [6, 6.07) is 0.544. The van der Waals surface area contributed by atoms with Gasteiger partial charge in [-0.25, -0.2) is 0 Å². The molecule has 3 aliphatic carbocycles. The Morgan fingerprint density at radius 2 is 1.82 bits per heavy atom. The van der Waals surface area contributed by atoms with Crippen molar-refractivity contribution in [3.63, 3.8) is 0 Å². The Bertz CT molecular complexity index is 1320. The van der Waals surface area contributed by atoms with Crippen LogP contribution in [0.25, 0.3) is 0 Å². The number of aliphatic hydroxyl groups is 1. The minimum absolute atomic E-state index is 0.00982. The average molecular weight is 543 g/mol. The summed E-state index contributed by atoms with van der Waals surface area (Å²) in [7, 11) is 6.64. The van der Waals surface area contributed by atoms with E-state index >= 15 is 0 Å². The highest BCUT2D eigenvalue weighted by molar-refractivity contribution is 6.32. The molecular formula is C27H34N4O8. The summed E-state index contributed by atoms with van der Waals surface area (Å²) in [5.74, 6) is -10.8. The molecular weight excluding hydrogens is 508 g/mol. The Kier molecular flexibility index (Phi) is 7.15. The summed E-state index contributed by atoms with van der Waals surface area (Å²) in [6.45, 7) is 3.64. The minimum atomic E-state index is -2.76. The lowest BCUT2D eigenvalue weighted by Gasteiger charge is -2.52. The van der Waals surface area contributed by atoms with E-state index in [1.807, 2.05) is 0 Å². The van der Waals surface area contributed by atoms with Gasteiger partial charge in [0.25, 0.3) is 0 Å². The predicted octanol–water partition coefficient (Wildman–Crippen LogP) is -0.306. The zero-order chi connectivity index (χ0) is 29.1. The van der Waals surface area contributed by atoms with Crippen LogP contribution in [0.4, 0.5) is 5.69 Å². The molecule has 0 aromatic heterocycles. The van der Waals surface area contributed by atoms with E-state index in [1.165, 1.54) is 4.90 Å². The summed E-state index contributed by atoms with van der Waals surface area (Å²) in [5, 5.41) is 26.9. The number of ketones is 4. The Balaban J connectivity index is 1.91. The van der Waals surface area contributed by atoms with Crippen molar-refractivity contribution in [1.82, 2.24) is 4.90 Å². The molecule has 2 unspecified atom stereocenters. The third-order valence-electron chi connectivity index (χ3n) is 8.24. The molecule has 0 heterocycles.